The fraction of sp³-hybridized carbons (Fsp3) is 0.500. The van der Waals surface area contributed by atoms with Crippen molar-refractivity contribution < 1.29 is 19.1 Å². The van der Waals surface area contributed by atoms with Crippen molar-refractivity contribution in [2.45, 2.75) is 20.0 Å². The van der Waals surface area contributed by atoms with Gasteiger partial charge >= 0.3 is 5.97 Å². The van der Waals surface area contributed by atoms with Gasteiger partial charge in [-0.15, -0.1) is 0 Å². The summed E-state index contributed by atoms with van der Waals surface area (Å²) in [6.07, 6.45) is -0.824. The van der Waals surface area contributed by atoms with E-state index >= 15 is 0 Å². The van der Waals surface area contributed by atoms with E-state index in [9.17, 15) is 14.4 Å². The molecule has 0 bridgehead atoms. The summed E-state index contributed by atoms with van der Waals surface area (Å²) in [5.74, 6) is -2.68. The molecule has 2 unspecified atom stereocenters. The third kappa shape index (κ3) is 3.47. The molecule has 0 saturated carbocycles. The number of Topliss-reactive ketones (excluding diaryl/α,β-unsaturated/α-hetero) is 1. The number of hydrogen-bond acceptors (Lipinski definition) is 5. The van der Waals surface area contributed by atoms with Crippen molar-refractivity contribution in [1.29, 1.82) is 5.26 Å². The summed E-state index contributed by atoms with van der Waals surface area (Å²) in [5, 5.41) is 8.34. The molecule has 0 rings (SSSR count). The maximum atomic E-state index is 11.1. The quantitative estimate of drug-likeness (QED) is 0.343. The second-order valence-corrected chi connectivity index (χ2v) is 2.40. The first-order valence-corrected chi connectivity index (χ1v) is 3.58. The van der Waals surface area contributed by atoms with Crippen LogP contribution in [0.5, 0.6) is 0 Å². The maximum absolute atomic E-state index is 11.1. The van der Waals surface area contributed by atoms with Crippen LogP contribution >= 0.6 is 0 Å². The number of carbonyl (C=O) groups is 3. The summed E-state index contributed by atoms with van der Waals surface area (Å²) in [4.78, 5) is 31.7. The molecule has 2 atom stereocenters. The zero-order valence-corrected chi connectivity index (χ0v) is 7.31. The van der Waals surface area contributed by atoms with Gasteiger partial charge in [0.05, 0.1) is 6.07 Å². The molecule has 5 heteroatoms. The van der Waals surface area contributed by atoms with Crippen LogP contribution in [0, 0.1) is 17.2 Å². The first-order valence-electron chi connectivity index (χ1n) is 3.58. The van der Waals surface area contributed by atoms with Crippen LogP contribution in [0.15, 0.2) is 0 Å². The van der Waals surface area contributed by atoms with Gasteiger partial charge in [-0.1, -0.05) is 0 Å². The van der Waals surface area contributed by atoms with Crippen LogP contribution in [0.2, 0.25) is 0 Å². The smallest absolute Gasteiger partial charge is 0.303 e. The maximum Gasteiger partial charge on any atom is 0.303 e. The van der Waals surface area contributed by atoms with E-state index in [1.807, 2.05) is 0 Å². The summed E-state index contributed by atoms with van der Waals surface area (Å²) < 4.78 is 4.50. The van der Waals surface area contributed by atoms with Crippen LogP contribution in [-0.4, -0.2) is 24.1 Å². The first kappa shape index (κ1) is 11.3. The van der Waals surface area contributed by atoms with Gasteiger partial charge in [0, 0.05) is 6.92 Å². The molecule has 0 aromatic heterocycles. The number of ketones is 1. The van der Waals surface area contributed by atoms with Crippen LogP contribution < -0.4 is 0 Å². The van der Waals surface area contributed by atoms with Crippen molar-refractivity contribution >= 4 is 18.0 Å². The molecule has 0 aromatic rings. The predicted octanol–water partition coefficient (Wildman–Crippen LogP) is -0.154. The lowest BCUT2D eigenvalue weighted by Crippen LogP contribution is -2.29. The monoisotopic (exact) mass is 183 g/mol. The van der Waals surface area contributed by atoms with Gasteiger partial charge in [-0.2, -0.15) is 5.26 Å². The highest BCUT2D eigenvalue weighted by atomic mass is 16.5. The van der Waals surface area contributed by atoms with Crippen molar-refractivity contribution in [3.8, 4) is 6.07 Å². The minimum absolute atomic E-state index is 0.225. The molecule has 0 amide bonds. The standard InChI is InChI=1S/C8H9NO4/c1-5(13-6(2)11)8(12)7(3-9)4-10/h4-5,7H,1-2H3. The van der Waals surface area contributed by atoms with Crippen LogP contribution in [0.25, 0.3) is 0 Å². The van der Waals surface area contributed by atoms with Gasteiger partial charge in [-0.25, -0.2) is 0 Å². The fourth-order valence-electron chi connectivity index (χ4n) is 0.721. The number of aldehydes is 1. The highest BCUT2D eigenvalue weighted by Crippen LogP contribution is 2.01. The van der Waals surface area contributed by atoms with Crippen molar-refractivity contribution in [3.63, 3.8) is 0 Å². The van der Waals surface area contributed by atoms with Crippen molar-refractivity contribution in [2.75, 3.05) is 0 Å². The van der Waals surface area contributed by atoms with Gasteiger partial charge in [-0.3, -0.25) is 9.59 Å². The van der Waals surface area contributed by atoms with Crippen molar-refractivity contribution in [2.24, 2.45) is 5.92 Å². The zero-order chi connectivity index (χ0) is 10.4. The molecule has 70 valence electrons. The van der Waals surface area contributed by atoms with Crippen molar-refractivity contribution in [3.05, 3.63) is 0 Å². The Morgan fingerprint density at radius 2 is 2.08 bits per heavy atom. The third-order valence-electron chi connectivity index (χ3n) is 1.33. The third-order valence-corrected chi connectivity index (χ3v) is 1.33. The first-order chi connectivity index (χ1) is 6.02. The van der Waals surface area contributed by atoms with Crippen LogP contribution in [-0.2, 0) is 19.1 Å². The minimum atomic E-state index is -1.35. The van der Waals surface area contributed by atoms with Gasteiger partial charge < -0.3 is 9.53 Å². The Kier molecular flexibility index (Phi) is 4.38. The van der Waals surface area contributed by atoms with Gasteiger partial charge in [0.15, 0.2) is 17.8 Å². The molecule has 0 aliphatic carbocycles. The predicted molar refractivity (Wildman–Crippen MR) is 41.4 cm³/mol. The van der Waals surface area contributed by atoms with Gasteiger partial charge in [-0.05, 0) is 6.92 Å². The van der Waals surface area contributed by atoms with E-state index in [0.29, 0.717) is 0 Å². The molecule has 0 spiro atoms. The number of carbonyl (C=O) groups excluding carboxylic acids is 3. The highest BCUT2D eigenvalue weighted by molar-refractivity contribution is 5.99. The molecule has 5 nitrogen and oxygen atoms in total. The Balaban J connectivity index is 4.33. The lowest BCUT2D eigenvalue weighted by molar-refractivity contribution is -0.153. The normalized spacial score (nSPS) is 13.6. The SMILES string of the molecule is CC(=O)OC(C)C(=O)C(C#N)C=O. The number of rotatable bonds is 4. The molecular formula is C8H9NO4. The Bertz CT molecular complexity index is 266. The summed E-state index contributed by atoms with van der Waals surface area (Å²) in [6.45, 7) is 2.46. The summed E-state index contributed by atoms with van der Waals surface area (Å²) >= 11 is 0. The number of nitriles is 1. The highest BCUT2D eigenvalue weighted by Gasteiger charge is 2.25. The molecule has 0 radical (unpaired) electrons. The lowest BCUT2D eigenvalue weighted by atomic mass is 10.0. The topological polar surface area (TPSA) is 84.2 Å². The van der Waals surface area contributed by atoms with Gasteiger partial charge in [0.25, 0.3) is 0 Å². The Morgan fingerprint density at radius 1 is 1.54 bits per heavy atom. The van der Waals surface area contributed by atoms with E-state index in [0.717, 1.165) is 6.92 Å². The molecule has 0 aliphatic rings. The van der Waals surface area contributed by atoms with E-state index in [4.69, 9.17) is 5.26 Å². The van der Waals surface area contributed by atoms with Crippen LogP contribution in [0.1, 0.15) is 13.8 Å². The zero-order valence-electron chi connectivity index (χ0n) is 7.31. The van der Waals surface area contributed by atoms with E-state index in [2.05, 4.69) is 4.74 Å². The number of nitrogens with zero attached hydrogens (tertiary/aromatic N) is 1. The number of ether oxygens (including phenoxy) is 1. The van der Waals surface area contributed by atoms with E-state index < -0.39 is 23.8 Å². The molecule has 0 heterocycles. The van der Waals surface area contributed by atoms with Crippen molar-refractivity contribution in [1.82, 2.24) is 0 Å². The van der Waals surface area contributed by atoms with E-state index in [1.165, 1.54) is 13.0 Å². The minimum Gasteiger partial charge on any atom is -0.455 e. The molecule has 0 saturated heterocycles. The molecule has 13 heavy (non-hydrogen) atoms. The van der Waals surface area contributed by atoms with E-state index in [-0.39, 0.29) is 6.29 Å². The van der Waals surface area contributed by atoms with Gasteiger partial charge in [0.1, 0.15) is 6.29 Å². The fourth-order valence-corrected chi connectivity index (χ4v) is 0.721. The average Bonchev–Trinajstić information content (AvgIpc) is 2.05. The lowest BCUT2D eigenvalue weighted by Gasteiger charge is -2.10. The van der Waals surface area contributed by atoms with Gasteiger partial charge in [0.2, 0.25) is 0 Å². The summed E-state index contributed by atoms with van der Waals surface area (Å²) in [7, 11) is 0. The summed E-state index contributed by atoms with van der Waals surface area (Å²) in [6, 6.07) is 1.50. The average molecular weight is 183 g/mol. The summed E-state index contributed by atoms with van der Waals surface area (Å²) in [5.41, 5.74) is 0. The molecule has 0 N–H and O–H groups in total. The number of hydrogen-bond donors (Lipinski definition) is 0. The Hall–Kier alpha value is -1.70. The Labute approximate surface area is 75.3 Å². The second-order valence-electron chi connectivity index (χ2n) is 2.40. The largest absolute Gasteiger partial charge is 0.455 e. The molecule has 0 aliphatic heterocycles. The molecule has 0 fully saturated rings. The van der Waals surface area contributed by atoms with Crippen LogP contribution in [0.3, 0.4) is 0 Å². The van der Waals surface area contributed by atoms with Crippen LogP contribution in [0.4, 0.5) is 0 Å². The van der Waals surface area contributed by atoms with E-state index in [1.54, 1.807) is 0 Å². The number of esters is 1. The molecular weight excluding hydrogens is 174 g/mol. The second kappa shape index (κ2) is 5.04. The molecule has 0 aromatic carbocycles. The Morgan fingerprint density at radius 3 is 2.38 bits per heavy atom.